The molecule has 148 valence electrons. The molecule has 1 amide bonds. The van der Waals surface area contributed by atoms with Crippen LogP contribution in [0.5, 0.6) is 0 Å². The molecule has 5 heteroatoms. The zero-order valence-electron chi connectivity index (χ0n) is 16.3. The molecule has 0 bridgehead atoms. The molecule has 2 atom stereocenters. The number of para-hydroxylation sites is 2. The zero-order chi connectivity index (χ0) is 19.6. The number of nitrogens with zero attached hydrogens (tertiary/aromatic N) is 2. The summed E-state index contributed by atoms with van der Waals surface area (Å²) in [6.45, 7) is 3.14. The summed E-state index contributed by atoms with van der Waals surface area (Å²) in [5, 5.41) is 3.10. The number of benzene rings is 2. The van der Waals surface area contributed by atoms with E-state index in [-0.39, 0.29) is 17.9 Å². The van der Waals surface area contributed by atoms with Crippen LogP contribution in [0.25, 0.3) is 0 Å². The van der Waals surface area contributed by atoms with Crippen LogP contribution in [0, 0.1) is 5.92 Å². The Kier molecular flexibility index (Phi) is 4.72. The number of furan rings is 1. The average molecular weight is 387 g/mol. The number of piperazine rings is 1. The molecular formula is C24H25N3O2. The predicted molar refractivity (Wildman–Crippen MR) is 114 cm³/mol. The SMILES string of the molecule is O=C(NCc1ccco1)[C@H]1Cc2ccccc2N2CCN(c3ccccc3)C[C@H]12. The third kappa shape index (κ3) is 3.48. The summed E-state index contributed by atoms with van der Waals surface area (Å²) >= 11 is 0. The lowest BCUT2D eigenvalue weighted by molar-refractivity contribution is -0.126. The number of fused-ring (bicyclic) bond motifs is 3. The second kappa shape index (κ2) is 7.66. The van der Waals surface area contributed by atoms with Crippen molar-refractivity contribution in [3.8, 4) is 0 Å². The summed E-state index contributed by atoms with van der Waals surface area (Å²) in [6.07, 6.45) is 2.41. The van der Waals surface area contributed by atoms with Gasteiger partial charge in [-0.3, -0.25) is 4.79 Å². The van der Waals surface area contributed by atoms with Gasteiger partial charge in [0.1, 0.15) is 5.76 Å². The molecule has 1 fully saturated rings. The van der Waals surface area contributed by atoms with E-state index in [1.54, 1.807) is 6.26 Å². The summed E-state index contributed by atoms with van der Waals surface area (Å²) in [7, 11) is 0. The topological polar surface area (TPSA) is 48.7 Å². The maximum atomic E-state index is 13.2. The fraction of sp³-hybridized carbons (Fsp3) is 0.292. The van der Waals surface area contributed by atoms with E-state index < -0.39 is 0 Å². The second-order valence-corrected chi connectivity index (χ2v) is 7.78. The Morgan fingerprint density at radius 1 is 1.00 bits per heavy atom. The first-order chi connectivity index (χ1) is 14.3. The van der Waals surface area contributed by atoms with Crippen molar-refractivity contribution in [3.63, 3.8) is 0 Å². The highest BCUT2D eigenvalue weighted by Gasteiger charge is 2.41. The van der Waals surface area contributed by atoms with Gasteiger partial charge in [0.05, 0.1) is 24.8 Å². The highest BCUT2D eigenvalue weighted by Crippen LogP contribution is 2.36. The van der Waals surface area contributed by atoms with Crippen molar-refractivity contribution in [2.24, 2.45) is 5.92 Å². The van der Waals surface area contributed by atoms with Gasteiger partial charge in [-0.15, -0.1) is 0 Å². The average Bonchev–Trinajstić information content (AvgIpc) is 3.31. The van der Waals surface area contributed by atoms with Crippen LogP contribution in [0.15, 0.2) is 77.4 Å². The van der Waals surface area contributed by atoms with Crippen molar-refractivity contribution in [3.05, 3.63) is 84.3 Å². The molecule has 2 aliphatic heterocycles. The molecule has 5 nitrogen and oxygen atoms in total. The molecule has 1 saturated heterocycles. The Balaban J connectivity index is 1.40. The molecular weight excluding hydrogens is 362 g/mol. The lowest BCUT2D eigenvalue weighted by Gasteiger charge is -2.49. The zero-order valence-corrected chi connectivity index (χ0v) is 16.3. The second-order valence-electron chi connectivity index (χ2n) is 7.78. The van der Waals surface area contributed by atoms with Gasteiger partial charge >= 0.3 is 0 Å². The van der Waals surface area contributed by atoms with Crippen molar-refractivity contribution in [1.82, 2.24) is 5.32 Å². The molecule has 2 aromatic carbocycles. The van der Waals surface area contributed by atoms with E-state index in [9.17, 15) is 4.79 Å². The van der Waals surface area contributed by atoms with Crippen molar-refractivity contribution in [2.45, 2.75) is 19.0 Å². The van der Waals surface area contributed by atoms with Crippen LogP contribution in [0.4, 0.5) is 11.4 Å². The number of hydrogen-bond acceptors (Lipinski definition) is 4. The Bertz CT molecular complexity index is 971. The van der Waals surface area contributed by atoms with Crippen LogP contribution in [-0.2, 0) is 17.8 Å². The van der Waals surface area contributed by atoms with Crippen molar-refractivity contribution < 1.29 is 9.21 Å². The molecule has 0 unspecified atom stereocenters. The largest absolute Gasteiger partial charge is 0.467 e. The lowest BCUT2D eigenvalue weighted by atomic mass is 9.83. The van der Waals surface area contributed by atoms with Gasteiger partial charge in [-0.2, -0.15) is 0 Å². The summed E-state index contributed by atoms with van der Waals surface area (Å²) < 4.78 is 5.38. The molecule has 5 rings (SSSR count). The Morgan fingerprint density at radius 3 is 2.66 bits per heavy atom. The van der Waals surface area contributed by atoms with Crippen LogP contribution in [0.1, 0.15) is 11.3 Å². The number of nitrogens with one attached hydrogen (secondary N) is 1. The summed E-state index contributed by atoms with van der Waals surface area (Å²) in [4.78, 5) is 18.0. The molecule has 29 heavy (non-hydrogen) atoms. The third-order valence-corrected chi connectivity index (χ3v) is 6.10. The smallest absolute Gasteiger partial charge is 0.225 e. The van der Waals surface area contributed by atoms with E-state index in [1.165, 1.54) is 16.9 Å². The summed E-state index contributed by atoms with van der Waals surface area (Å²) in [5.41, 5.74) is 3.76. The van der Waals surface area contributed by atoms with Crippen molar-refractivity contribution in [1.29, 1.82) is 0 Å². The molecule has 3 heterocycles. The number of carbonyl (C=O) groups excluding carboxylic acids is 1. The number of rotatable bonds is 4. The Morgan fingerprint density at radius 2 is 1.83 bits per heavy atom. The van der Waals surface area contributed by atoms with Gasteiger partial charge in [-0.25, -0.2) is 0 Å². The van der Waals surface area contributed by atoms with Gasteiger partial charge in [0.15, 0.2) is 0 Å². The van der Waals surface area contributed by atoms with Gasteiger partial charge < -0.3 is 19.5 Å². The van der Waals surface area contributed by atoms with Gasteiger partial charge in [0, 0.05) is 31.0 Å². The van der Waals surface area contributed by atoms with Crippen molar-refractivity contribution >= 4 is 17.3 Å². The minimum Gasteiger partial charge on any atom is -0.467 e. The molecule has 1 N–H and O–H groups in total. The Labute approximate surface area is 170 Å². The minimum atomic E-state index is -0.0913. The quantitative estimate of drug-likeness (QED) is 0.745. The summed E-state index contributed by atoms with van der Waals surface area (Å²) in [6, 6.07) is 22.9. The van der Waals surface area contributed by atoms with E-state index in [4.69, 9.17) is 4.42 Å². The van der Waals surface area contributed by atoms with Crippen LogP contribution in [-0.4, -0.2) is 31.6 Å². The van der Waals surface area contributed by atoms with Crippen LogP contribution in [0.3, 0.4) is 0 Å². The lowest BCUT2D eigenvalue weighted by Crippen LogP contribution is -2.61. The van der Waals surface area contributed by atoms with E-state index in [0.717, 1.165) is 31.8 Å². The first kappa shape index (κ1) is 17.9. The molecule has 0 saturated carbocycles. The third-order valence-electron chi connectivity index (χ3n) is 6.10. The number of anilines is 2. The molecule has 0 aliphatic carbocycles. The molecule has 1 aromatic heterocycles. The molecule has 0 radical (unpaired) electrons. The van der Waals surface area contributed by atoms with Crippen LogP contribution < -0.4 is 15.1 Å². The number of amides is 1. The monoisotopic (exact) mass is 387 g/mol. The highest BCUT2D eigenvalue weighted by molar-refractivity contribution is 5.82. The van der Waals surface area contributed by atoms with Gasteiger partial charge in [-0.05, 0) is 42.3 Å². The molecule has 0 spiro atoms. The van der Waals surface area contributed by atoms with Crippen LogP contribution in [0.2, 0.25) is 0 Å². The maximum absolute atomic E-state index is 13.2. The first-order valence-corrected chi connectivity index (χ1v) is 10.2. The van der Waals surface area contributed by atoms with Gasteiger partial charge in [0.25, 0.3) is 0 Å². The van der Waals surface area contributed by atoms with Crippen molar-refractivity contribution in [2.75, 3.05) is 29.4 Å². The van der Waals surface area contributed by atoms with E-state index in [2.05, 4.69) is 63.6 Å². The molecule has 3 aromatic rings. The maximum Gasteiger partial charge on any atom is 0.225 e. The summed E-state index contributed by atoms with van der Waals surface area (Å²) in [5.74, 6) is 0.785. The van der Waals surface area contributed by atoms with E-state index >= 15 is 0 Å². The number of carbonyl (C=O) groups is 1. The fourth-order valence-corrected chi connectivity index (χ4v) is 4.65. The first-order valence-electron chi connectivity index (χ1n) is 10.2. The van der Waals surface area contributed by atoms with Gasteiger partial charge in [0.2, 0.25) is 5.91 Å². The van der Waals surface area contributed by atoms with Crippen LogP contribution >= 0.6 is 0 Å². The van der Waals surface area contributed by atoms with E-state index in [0.29, 0.717) is 6.54 Å². The highest BCUT2D eigenvalue weighted by atomic mass is 16.3. The number of hydrogen-bond donors (Lipinski definition) is 1. The Hall–Kier alpha value is -3.21. The predicted octanol–water partition coefficient (Wildman–Crippen LogP) is 3.46. The van der Waals surface area contributed by atoms with Gasteiger partial charge in [-0.1, -0.05) is 36.4 Å². The fourth-order valence-electron chi connectivity index (χ4n) is 4.65. The molecule has 2 aliphatic rings. The van der Waals surface area contributed by atoms with E-state index in [1.807, 2.05) is 18.2 Å². The standard InChI is InChI=1S/C24H25N3O2/c28-24(25-16-20-10-6-14-29-20)21-15-18-7-4-5-11-22(18)27-13-12-26(17-23(21)27)19-8-2-1-3-9-19/h1-11,14,21,23H,12-13,15-17H2,(H,25,28)/t21-,23+/m0/s1. The normalized spacial score (nSPS) is 20.7. The minimum absolute atomic E-state index is 0.0913.